The molecular weight excluding hydrogens is 508 g/mol. The molecule has 0 amide bonds. The summed E-state index contributed by atoms with van der Waals surface area (Å²) < 4.78 is 36.2. The molecule has 11 atom stereocenters. The predicted molar refractivity (Wildman–Crippen MR) is 135 cm³/mol. The van der Waals surface area contributed by atoms with E-state index >= 15 is 0 Å². The van der Waals surface area contributed by atoms with Crippen LogP contribution in [0.2, 0.25) is 0 Å². The molecule has 10 heteroatoms. The first-order valence-electron chi connectivity index (χ1n) is 13.8. The van der Waals surface area contributed by atoms with Crippen LogP contribution in [0.15, 0.2) is 36.0 Å². The molecule has 0 aromatic rings. The number of carbonyl (C=O) groups is 2. The summed E-state index contributed by atoms with van der Waals surface area (Å²) in [5.74, 6) is -1.08. The standard InChI is InChI=1S/C29H38O10/c1-16-9-10-28-14-35-25(33)24-26(3,39-24)19(31)13-34-18(17(2)30)7-5-6-8-23(32)38-20-12-22(37-21(28)11-16)29(15-36-29)27(20,28)4/h5-8,11,17-22,24,30-31H,9-10,12-15H2,1-4H3/b7-5+,8-6-/t17-,18?,19+,20-,21-,22-,24-,26-,27-,28-,29+/m1/s1. The van der Waals surface area contributed by atoms with Gasteiger partial charge in [0.1, 0.15) is 36.1 Å². The fraction of sp³-hybridized carbons (Fsp3) is 0.724. The number of rotatable bonds is 1. The van der Waals surface area contributed by atoms with Gasteiger partial charge in [0.05, 0.1) is 36.9 Å². The Bertz CT molecular complexity index is 1120. The van der Waals surface area contributed by atoms with Crippen molar-refractivity contribution >= 4 is 11.9 Å². The average molecular weight is 547 g/mol. The quantitative estimate of drug-likeness (QED) is 0.283. The second-order valence-corrected chi connectivity index (χ2v) is 12.3. The maximum Gasteiger partial charge on any atom is 0.338 e. The Hall–Kier alpha value is -2.08. The van der Waals surface area contributed by atoms with Gasteiger partial charge in [-0.1, -0.05) is 36.8 Å². The van der Waals surface area contributed by atoms with Crippen LogP contribution in [0, 0.1) is 10.8 Å². The van der Waals surface area contributed by atoms with E-state index in [1.54, 1.807) is 32.1 Å². The van der Waals surface area contributed by atoms with Crippen molar-refractivity contribution in [2.24, 2.45) is 10.8 Å². The van der Waals surface area contributed by atoms with Gasteiger partial charge in [-0.25, -0.2) is 9.59 Å². The third-order valence-corrected chi connectivity index (χ3v) is 10.2. The number of ether oxygens (including phenoxy) is 6. The van der Waals surface area contributed by atoms with E-state index in [-0.39, 0.29) is 25.4 Å². The van der Waals surface area contributed by atoms with Gasteiger partial charge in [0, 0.05) is 17.9 Å². The highest BCUT2D eigenvalue weighted by Crippen LogP contribution is 2.72. The minimum atomic E-state index is -1.17. The monoisotopic (exact) mass is 546 g/mol. The first-order chi connectivity index (χ1) is 18.5. The molecule has 0 aromatic heterocycles. The van der Waals surface area contributed by atoms with Crippen molar-refractivity contribution in [3.8, 4) is 0 Å². The molecule has 2 aliphatic carbocycles. The van der Waals surface area contributed by atoms with Crippen LogP contribution in [-0.4, -0.2) is 95.9 Å². The van der Waals surface area contributed by atoms with Gasteiger partial charge < -0.3 is 38.6 Å². The number of epoxide rings is 2. The Morgan fingerprint density at radius 3 is 2.62 bits per heavy atom. The number of aliphatic hydroxyl groups excluding tert-OH is 2. The van der Waals surface area contributed by atoms with Crippen molar-refractivity contribution in [3.63, 3.8) is 0 Å². The highest BCUT2D eigenvalue weighted by Gasteiger charge is 2.83. The molecule has 4 fully saturated rings. The van der Waals surface area contributed by atoms with Crippen LogP contribution in [0.4, 0.5) is 0 Å². The van der Waals surface area contributed by atoms with Gasteiger partial charge in [0.25, 0.3) is 0 Å². The maximum atomic E-state index is 13.3. The molecule has 1 saturated carbocycles. The average Bonchev–Trinajstić information content (AvgIpc) is 3.80. The molecule has 2 bridgehead atoms. The molecule has 10 nitrogen and oxygen atoms in total. The predicted octanol–water partition coefficient (Wildman–Crippen LogP) is 1.52. The fourth-order valence-electron chi connectivity index (χ4n) is 7.38. The minimum Gasteiger partial charge on any atom is -0.463 e. The summed E-state index contributed by atoms with van der Waals surface area (Å²) in [4.78, 5) is 26.3. The molecule has 2 spiro atoms. The van der Waals surface area contributed by atoms with Gasteiger partial charge in [0.2, 0.25) is 0 Å². The van der Waals surface area contributed by atoms with E-state index in [9.17, 15) is 19.8 Å². The van der Waals surface area contributed by atoms with Gasteiger partial charge in [-0.3, -0.25) is 0 Å². The first-order valence-corrected chi connectivity index (χ1v) is 13.8. The van der Waals surface area contributed by atoms with Gasteiger partial charge in [-0.15, -0.1) is 0 Å². The highest BCUT2D eigenvalue weighted by atomic mass is 16.7. The molecular formula is C29H38O10. The molecule has 214 valence electrons. The van der Waals surface area contributed by atoms with E-state index in [2.05, 4.69) is 19.9 Å². The zero-order valence-corrected chi connectivity index (χ0v) is 22.8. The third kappa shape index (κ3) is 3.98. The van der Waals surface area contributed by atoms with E-state index in [1.807, 2.05) is 0 Å². The summed E-state index contributed by atoms with van der Waals surface area (Å²) in [6, 6.07) is 0. The van der Waals surface area contributed by atoms with Gasteiger partial charge >= 0.3 is 11.9 Å². The highest BCUT2D eigenvalue weighted by molar-refractivity contribution is 5.82. The first kappa shape index (κ1) is 27.1. The van der Waals surface area contributed by atoms with Crippen LogP contribution >= 0.6 is 0 Å². The second-order valence-electron chi connectivity index (χ2n) is 12.3. The molecule has 0 aromatic carbocycles. The van der Waals surface area contributed by atoms with Crippen LogP contribution < -0.4 is 0 Å². The van der Waals surface area contributed by atoms with E-state index < -0.39 is 64.5 Å². The van der Waals surface area contributed by atoms with Crippen LogP contribution in [-0.2, 0) is 38.0 Å². The molecule has 39 heavy (non-hydrogen) atoms. The number of carbonyl (C=O) groups excluding carboxylic acids is 2. The molecule has 2 N–H and O–H groups in total. The Labute approximate surface area is 227 Å². The van der Waals surface area contributed by atoms with Crippen molar-refractivity contribution in [2.45, 2.75) is 101 Å². The number of hydrogen-bond donors (Lipinski definition) is 2. The molecule has 6 rings (SSSR count). The summed E-state index contributed by atoms with van der Waals surface area (Å²) in [6.45, 7) is 7.71. The Morgan fingerprint density at radius 2 is 1.90 bits per heavy atom. The van der Waals surface area contributed by atoms with Crippen molar-refractivity contribution in [1.29, 1.82) is 0 Å². The Kier molecular flexibility index (Phi) is 6.41. The molecule has 3 saturated heterocycles. The largest absolute Gasteiger partial charge is 0.463 e. The zero-order chi connectivity index (χ0) is 27.8. The smallest absolute Gasteiger partial charge is 0.338 e. The fourth-order valence-corrected chi connectivity index (χ4v) is 7.38. The van der Waals surface area contributed by atoms with Crippen molar-refractivity contribution in [2.75, 3.05) is 19.8 Å². The van der Waals surface area contributed by atoms with Gasteiger partial charge in [-0.2, -0.15) is 0 Å². The van der Waals surface area contributed by atoms with E-state index in [0.29, 0.717) is 19.4 Å². The number of aliphatic hydroxyl groups is 2. The summed E-state index contributed by atoms with van der Waals surface area (Å²) >= 11 is 0. The lowest BCUT2D eigenvalue weighted by Crippen LogP contribution is -2.66. The van der Waals surface area contributed by atoms with E-state index in [1.165, 1.54) is 11.6 Å². The Balaban J connectivity index is 1.36. The zero-order valence-electron chi connectivity index (χ0n) is 22.8. The number of allylic oxidation sites excluding steroid dienone is 3. The van der Waals surface area contributed by atoms with Crippen LogP contribution in [0.3, 0.4) is 0 Å². The van der Waals surface area contributed by atoms with Crippen LogP contribution in [0.1, 0.15) is 47.0 Å². The van der Waals surface area contributed by atoms with Gasteiger partial charge in [0.15, 0.2) is 6.10 Å². The summed E-state index contributed by atoms with van der Waals surface area (Å²) in [7, 11) is 0. The lowest BCUT2D eigenvalue weighted by atomic mass is 9.51. The molecule has 4 heterocycles. The Morgan fingerprint density at radius 1 is 1.13 bits per heavy atom. The van der Waals surface area contributed by atoms with Crippen LogP contribution in [0.5, 0.6) is 0 Å². The maximum absolute atomic E-state index is 13.3. The van der Waals surface area contributed by atoms with Crippen molar-refractivity contribution in [3.05, 3.63) is 36.0 Å². The molecule has 4 aliphatic heterocycles. The number of esters is 2. The van der Waals surface area contributed by atoms with Crippen molar-refractivity contribution < 1.29 is 48.2 Å². The molecule has 6 aliphatic rings. The molecule has 0 radical (unpaired) electrons. The van der Waals surface area contributed by atoms with Gasteiger partial charge in [-0.05, 0) is 33.6 Å². The van der Waals surface area contributed by atoms with E-state index in [0.717, 1.165) is 6.42 Å². The number of hydrogen-bond acceptors (Lipinski definition) is 10. The number of cyclic esters (lactones) is 1. The topological polar surface area (TPSA) is 137 Å². The SMILES string of the molecule is CC1=C[C@H]2O[C@@H]3C[C@H]4OC(=O)/C=C\C=C\C([C@@H](C)O)OC[C@H](O)[C@@]5(C)O[C@@H]5C(=O)OC[C@@]2(CC1)[C@]4(C)[C@]31CO1. The van der Waals surface area contributed by atoms with Crippen molar-refractivity contribution in [1.82, 2.24) is 0 Å². The summed E-state index contributed by atoms with van der Waals surface area (Å²) in [5, 5.41) is 20.9. The summed E-state index contributed by atoms with van der Waals surface area (Å²) in [5.41, 5.74) is -1.95. The summed E-state index contributed by atoms with van der Waals surface area (Å²) in [6.07, 6.45) is 5.31. The lowest BCUT2D eigenvalue weighted by molar-refractivity contribution is -0.233. The number of fused-ring (bicyclic) bond motifs is 1. The third-order valence-electron chi connectivity index (χ3n) is 10.2. The van der Waals surface area contributed by atoms with Crippen LogP contribution in [0.25, 0.3) is 0 Å². The lowest BCUT2D eigenvalue weighted by Gasteiger charge is -2.58. The van der Waals surface area contributed by atoms with E-state index in [4.69, 9.17) is 28.4 Å². The second kappa shape index (κ2) is 9.22. The normalized spacial score (nSPS) is 51.7. The molecule has 1 unspecified atom stereocenters. The minimum absolute atomic E-state index is 0.0356.